The number of halogens is 1. The second kappa shape index (κ2) is 10.7. The maximum atomic E-state index is 14.8. The Labute approximate surface area is 224 Å². The number of pyridine rings is 2. The number of aliphatic hydroxyl groups excluding tert-OH is 1. The van der Waals surface area contributed by atoms with Crippen LogP contribution in [-0.4, -0.2) is 70.4 Å². The van der Waals surface area contributed by atoms with Crippen LogP contribution in [0.5, 0.6) is 5.88 Å². The van der Waals surface area contributed by atoms with Gasteiger partial charge in [-0.15, -0.1) is 0 Å². The molecule has 1 unspecified atom stereocenters. The van der Waals surface area contributed by atoms with Crippen molar-refractivity contribution in [3.63, 3.8) is 0 Å². The normalized spacial score (nSPS) is 24.0. The number of aromatic nitrogens is 2. The number of methoxy groups -OCH3 is 1. The standard InChI is InChI=1S/C28H29FN4O6/c1-36-24-8-7-20-27(31-24)26(19(29)11-30-20)21(34)13-32-10-9-18-12-33(28(35)39-22(18)14-32)25-16-37-15-23(38-25)17-5-3-2-4-6-17/h2-3,5,7-8,11,15-16,18,21-22,34H,4,6,9-10,12-14H2,1H3/t18-,21?,22+/m0/s1. The molecule has 1 aliphatic carbocycles. The Kier molecular flexibility index (Phi) is 6.92. The molecule has 0 bridgehead atoms. The largest absolute Gasteiger partial charge is 0.481 e. The molecule has 0 saturated carbocycles. The lowest BCUT2D eigenvalue weighted by Crippen LogP contribution is -2.56. The fraction of sp³-hybridized carbons (Fsp3) is 0.393. The smallest absolute Gasteiger partial charge is 0.417 e. The molecule has 2 saturated heterocycles. The summed E-state index contributed by atoms with van der Waals surface area (Å²) in [5.74, 6) is 0.615. The Morgan fingerprint density at radius 2 is 2.18 bits per heavy atom. The van der Waals surface area contributed by atoms with Gasteiger partial charge in [-0.1, -0.05) is 18.2 Å². The molecule has 3 atom stereocenters. The van der Waals surface area contributed by atoms with Crippen LogP contribution in [0.2, 0.25) is 0 Å². The number of rotatable bonds is 6. The van der Waals surface area contributed by atoms with Crippen molar-refractivity contribution in [2.75, 3.05) is 33.3 Å². The highest BCUT2D eigenvalue weighted by Crippen LogP contribution is 2.34. The Morgan fingerprint density at radius 1 is 1.28 bits per heavy atom. The molecule has 3 aliphatic heterocycles. The number of piperidine rings is 1. The van der Waals surface area contributed by atoms with Crippen LogP contribution < -0.4 is 4.74 Å². The van der Waals surface area contributed by atoms with Crippen molar-refractivity contribution in [2.24, 2.45) is 5.92 Å². The number of carbonyl (C=O) groups is 1. The van der Waals surface area contributed by atoms with E-state index in [4.69, 9.17) is 18.9 Å². The lowest BCUT2D eigenvalue weighted by atomic mass is 9.91. The minimum absolute atomic E-state index is 0.0659. The first-order chi connectivity index (χ1) is 19.0. The molecule has 1 N–H and O–H groups in total. The van der Waals surface area contributed by atoms with Gasteiger partial charge in [-0.3, -0.25) is 9.88 Å². The first kappa shape index (κ1) is 25.3. The third-order valence-electron chi connectivity index (χ3n) is 7.48. The minimum atomic E-state index is -1.16. The van der Waals surface area contributed by atoms with Crippen molar-refractivity contribution in [1.29, 1.82) is 0 Å². The van der Waals surface area contributed by atoms with E-state index in [2.05, 4.69) is 16.0 Å². The van der Waals surface area contributed by atoms with E-state index in [1.165, 1.54) is 24.5 Å². The van der Waals surface area contributed by atoms with E-state index in [1.807, 2.05) is 17.1 Å². The van der Waals surface area contributed by atoms with Gasteiger partial charge < -0.3 is 24.1 Å². The fourth-order valence-electron chi connectivity index (χ4n) is 5.41. The summed E-state index contributed by atoms with van der Waals surface area (Å²) in [4.78, 5) is 24.8. The average molecular weight is 537 g/mol. The topological polar surface area (TPSA) is 106 Å². The third-order valence-corrected chi connectivity index (χ3v) is 7.48. The summed E-state index contributed by atoms with van der Waals surface area (Å²) in [5, 5.41) is 11.0. The Hall–Kier alpha value is -3.96. The molecule has 6 rings (SSSR count). The van der Waals surface area contributed by atoms with Crippen molar-refractivity contribution in [2.45, 2.75) is 31.5 Å². The highest BCUT2D eigenvalue weighted by Gasteiger charge is 2.42. The molecule has 204 valence electrons. The molecule has 2 fully saturated rings. The first-order valence-electron chi connectivity index (χ1n) is 13.0. The molecule has 5 heterocycles. The molecule has 11 heteroatoms. The summed E-state index contributed by atoms with van der Waals surface area (Å²) in [7, 11) is 1.47. The summed E-state index contributed by atoms with van der Waals surface area (Å²) >= 11 is 0. The summed E-state index contributed by atoms with van der Waals surface area (Å²) < 4.78 is 37.3. The number of hydrogen-bond acceptors (Lipinski definition) is 9. The van der Waals surface area contributed by atoms with Gasteiger partial charge in [0.05, 0.1) is 24.9 Å². The van der Waals surface area contributed by atoms with Crippen LogP contribution in [0.15, 0.2) is 66.3 Å². The lowest BCUT2D eigenvalue weighted by molar-refractivity contribution is -0.0613. The van der Waals surface area contributed by atoms with Crippen molar-refractivity contribution in [3.8, 4) is 5.88 Å². The van der Waals surface area contributed by atoms with Gasteiger partial charge in [0.1, 0.15) is 23.7 Å². The minimum Gasteiger partial charge on any atom is -0.481 e. The zero-order valence-electron chi connectivity index (χ0n) is 21.5. The van der Waals surface area contributed by atoms with E-state index in [9.17, 15) is 14.3 Å². The Balaban J connectivity index is 1.11. The number of amides is 1. The Bertz CT molecular complexity index is 1410. The number of fused-ring (bicyclic) bond motifs is 2. The number of ether oxygens (including phenoxy) is 4. The van der Waals surface area contributed by atoms with Gasteiger partial charge >= 0.3 is 6.09 Å². The molecule has 10 nitrogen and oxygen atoms in total. The van der Waals surface area contributed by atoms with Crippen LogP contribution in [0.1, 0.15) is 30.9 Å². The van der Waals surface area contributed by atoms with Crippen LogP contribution in [0, 0.1) is 11.7 Å². The van der Waals surface area contributed by atoms with Gasteiger partial charge in [-0.05, 0) is 37.4 Å². The predicted octanol–water partition coefficient (Wildman–Crippen LogP) is 3.92. The van der Waals surface area contributed by atoms with Crippen LogP contribution in [-0.2, 0) is 14.2 Å². The van der Waals surface area contributed by atoms with Gasteiger partial charge in [0.2, 0.25) is 11.8 Å². The maximum absolute atomic E-state index is 14.8. The molecule has 4 aliphatic rings. The average Bonchev–Trinajstić information content (AvgIpc) is 2.96. The molecular formula is C28H29FN4O6. The third kappa shape index (κ3) is 5.07. The number of likely N-dealkylation sites (tertiary alicyclic amines) is 1. The number of β-amino-alcohol motifs (C(OH)–C–C–N with tert-alkyl or cyclic N) is 1. The highest BCUT2D eigenvalue weighted by molar-refractivity contribution is 5.78. The number of hydrogen-bond donors (Lipinski definition) is 1. The quantitative estimate of drug-likeness (QED) is 0.588. The zero-order valence-corrected chi connectivity index (χ0v) is 21.5. The first-order valence-corrected chi connectivity index (χ1v) is 13.0. The number of carbonyl (C=O) groups excluding carboxylic acids is 1. The van der Waals surface area contributed by atoms with E-state index >= 15 is 0 Å². The van der Waals surface area contributed by atoms with Crippen molar-refractivity contribution in [3.05, 3.63) is 77.7 Å². The lowest BCUT2D eigenvalue weighted by Gasteiger charge is -2.44. The summed E-state index contributed by atoms with van der Waals surface area (Å²) in [6.45, 7) is 1.64. The molecule has 0 radical (unpaired) electrons. The van der Waals surface area contributed by atoms with Crippen LogP contribution in [0.25, 0.3) is 11.0 Å². The second-order valence-corrected chi connectivity index (χ2v) is 9.93. The highest BCUT2D eigenvalue weighted by atomic mass is 19.1. The maximum Gasteiger partial charge on any atom is 0.417 e. The fourth-order valence-corrected chi connectivity index (χ4v) is 5.41. The van der Waals surface area contributed by atoms with Gasteiger partial charge in [0, 0.05) is 37.2 Å². The van der Waals surface area contributed by atoms with Gasteiger partial charge in [0.25, 0.3) is 0 Å². The van der Waals surface area contributed by atoms with Gasteiger partial charge in [-0.2, -0.15) is 0 Å². The monoisotopic (exact) mass is 536 g/mol. The predicted molar refractivity (Wildman–Crippen MR) is 137 cm³/mol. The van der Waals surface area contributed by atoms with E-state index in [1.54, 1.807) is 12.1 Å². The van der Waals surface area contributed by atoms with Gasteiger partial charge in [-0.25, -0.2) is 19.1 Å². The van der Waals surface area contributed by atoms with Crippen LogP contribution in [0.4, 0.5) is 9.18 Å². The molecule has 2 aromatic heterocycles. The molecule has 1 amide bonds. The number of allylic oxidation sites excluding steroid dienone is 4. The number of aliphatic hydroxyl groups is 1. The molecule has 2 aromatic rings. The van der Waals surface area contributed by atoms with E-state index < -0.39 is 18.0 Å². The van der Waals surface area contributed by atoms with Crippen molar-refractivity contribution in [1.82, 2.24) is 19.8 Å². The summed E-state index contributed by atoms with van der Waals surface area (Å²) in [6, 6.07) is 3.31. The molecule has 0 spiro atoms. The number of nitrogens with zero attached hydrogens (tertiary/aromatic N) is 4. The molecule has 39 heavy (non-hydrogen) atoms. The van der Waals surface area contributed by atoms with Crippen molar-refractivity contribution < 1.29 is 33.2 Å². The van der Waals surface area contributed by atoms with E-state index in [0.29, 0.717) is 42.7 Å². The van der Waals surface area contributed by atoms with Gasteiger partial charge in [0.15, 0.2) is 12.0 Å². The van der Waals surface area contributed by atoms with Crippen LogP contribution in [0.3, 0.4) is 0 Å². The Morgan fingerprint density at radius 3 is 3.00 bits per heavy atom. The summed E-state index contributed by atoms with van der Waals surface area (Å²) in [5.41, 5.74) is 1.79. The second-order valence-electron chi connectivity index (χ2n) is 9.93. The molecular weight excluding hydrogens is 507 g/mol. The zero-order chi connectivity index (χ0) is 26.9. The SMILES string of the molecule is COc1ccc2ncc(F)c(C(O)CN3CC[C@H]4CN(C5=COC=C(C6=CC=CCC6)O5)C(=O)O[C@@H]4C3)c2n1. The van der Waals surface area contributed by atoms with Crippen LogP contribution >= 0.6 is 0 Å². The van der Waals surface area contributed by atoms with E-state index in [-0.39, 0.29) is 29.6 Å². The van der Waals surface area contributed by atoms with E-state index in [0.717, 1.165) is 31.0 Å². The summed E-state index contributed by atoms with van der Waals surface area (Å²) in [6.07, 6.45) is 10.5. The molecule has 0 aromatic carbocycles. The van der Waals surface area contributed by atoms with Crippen molar-refractivity contribution >= 4 is 17.1 Å².